The van der Waals surface area contributed by atoms with Gasteiger partial charge in [-0.3, -0.25) is 0 Å². The van der Waals surface area contributed by atoms with E-state index < -0.39 is 5.97 Å². The molecule has 2 heterocycles. The molecule has 1 aromatic carbocycles. The Labute approximate surface area is 158 Å². The number of anilines is 1. The third-order valence-electron chi connectivity index (χ3n) is 5.56. The highest BCUT2D eigenvalue weighted by Crippen LogP contribution is 2.37. The third-order valence-corrected chi connectivity index (χ3v) is 5.56. The summed E-state index contributed by atoms with van der Waals surface area (Å²) in [6, 6.07) is 7.95. The lowest BCUT2D eigenvalue weighted by atomic mass is 9.95. The molecule has 3 aromatic rings. The van der Waals surface area contributed by atoms with Crippen LogP contribution in [0.5, 0.6) is 0 Å². The van der Waals surface area contributed by atoms with E-state index in [-0.39, 0.29) is 12.1 Å². The number of aromatic nitrogens is 3. The van der Waals surface area contributed by atoms with Gasteiger partial charge in [-0.05, 0) is 38.3 Å². The summed E-state index contributed by atoms with van der Waals surface area (Å²) < 4.78 is 7.62. The number of nitrogens with zero attached hydrogens (tertiary/aromatic N) is 3. The second-order valence-electron chi connectivity index (χ2n) is 7.43. The Morgan fingerprint density at radius 2 is 1.89 bits per heavy atom. The maximum atomic E-state index is 12.9. The van der Waals surface area contributed by atoms with Crippen molar-refractivity contribution in [3.8, 4) is 0 Å². The van der Waals surface area contributed by atoms with Crippen molar-refractivity contribution in [3.63, 3.8) is 0 Å². The van der Waals surface area contributed by atoms with Crippen LogP contribution in [0.4, 0.5) is 5.82 Å². The number of fused-ring (bicyclic) bond motifs is 2. The molecule has 0 bridgehead atoms. The molecule has 4 rings (SSSR count). The van der Waals surface area contributed by atoms with Crippen LogP contribution in [0, 0.1) is 0 Å². The number of hydrogen-bond donors (Lipinski definition) is 1. The minimum absolute atomic E-state index is 0.168. The largest absolute Gasteiger partial charge is 0.459 e. The van der Waals surface area contributed by atoms with Crippen molar-refractivity contribution >= 4 is 34.0 Å². The predicted molar refractivity (Wildman–Crippen MR) is 107 cm³/mol. The van der Waals surface area contributed by atoms with Gasteiger partial charge < -0.3 is 15.0 Å². The Morgan fingerprint density at radius 3 is 2.56 bits per heavy atom. The molecule has 0 spiro atoms. The van der Waals surface area contributed by atoms with Gasteiger partial charge in [0.25, 0.3) is 0 Å². The van der Waals surface area contributed by atoms with Crippen molar-refractivity contribution in [2.45, 2.75) is 64.5 Å². The van der Waals surface area contributed by atoms with Crippen molar-refractivity contribution in [1.29, 1.82) is 0 Å². The first-order chi connectivity index (χ1) is 13.1. The zero-order chi connectivity index (χ0) is 19.0. The van der Waals surface area contributed by atoms with Crippen LogP contribution in [0.3, 0.4) is 0 Å². The van der Waals surface area contributed by atoms with Crippen molar-refractivity contribution in [3.05, 3.63) is 29.8 Å². The SMILES string of the molecule is CC[C@H](C)OC(=O)c1c(N)n(C2CCCCC2)c2nc3ccccc3nc12. The van der Waals surface area contributed by atoms with Crippen LogP contribution in [0.1, 0.15) is 68.8 Å². The molecule has 1 atom stereocenters. The smallest absolute Gasteiger partial charge is 0.344 e. The summed E-state index contributed by atoms with van der Waals surface area (Å²) >= 11 is 0. The fraction of sp³-hybridized carbons (Fsp3) is 0.476. The van der Waals surface area contributed by atoms with Crippen LogP contribution in [0.2, 0.25) is 0 Å². The minimum Gasteiger partial charge on any atom is -0.459 e. The molecule has 0 aliphatic heterocycles. The first-order valence-electron chi connectivity index (χ1n) is 9.87. The molecule has 0 radical (unpaired) electrons. The molecule has 0 unspecified atom stereocenters. The van der Waals surface area contributed by atoms with Gasteiger partial charge in [-0.25, -0.2) is 14.8 Å². The molecule has 27 heavy (non-hydrogen) atoms. The third kappa shape index (κ3) is 3.13. The average Bonchev–Trinajstić information content (AvgIpc) is 2.97. The molecular formula is C21H26N4O2. The van der Waals surface area contributed by atoms with E-state index in [9.17, 15) is 4.79 Å². The lowest BCUT2D eigenvalue weighted by Crippen LogP contribution is -2.18. The molecule has 1 aliphatic rings. The summed E-state index contributed by atoms with van der Waals surface area (Å²) in [4.78, 5) is 22.5. The Bertz CT molecular complexity index is 989. The van der Waals surface area contributed by atoms with Gasteiger partial charge in [-0.1, -0.05) is 38.3 Å². The van der Waals surface area contributed by atoms with Gasteiger partial charge in [0.05, 0.1) is 17.1 Å². The van der Waals surface area contributed by atoms with E-state index in [4.69, 9.17) is 20.4 Å². The number of esters is 1. The van der Waals surface area contributed by atoms with Crippen molar-refractivity contribution in [2.24, 2.45) is 0 Å². The number of rotatable bonds is 4. The molecule has 6 nitrogen and oxygen atoms in total. The summed E-state index contributed by atoms with van der Waals surface area (Å²) in [5, 5.41) is 0. The van der Waals surface area contributed by atoms with Crippen LogP contribution in [0.25, 0.3) is 22.2 Å². The molecule has 6 heteroatoms. The van der Waals surface area contributed by atoms with E-state index in [1.54, 1.807) is 0 Å². The first kappa shape index (κ1) is 17.8. The summed E-state index contributed by atoms with van der Waals surface area (Å²) in [6.07, 6.45) is 6.24. The lowest BCUT2D eigenvalue weighted by Gasteiger charge is -2.25. The van der Waals surface area contributed by atoms with Gasteiger partial charge in [-0.2, -0.15) is 0 Å². The van der Waals surface area contributed by atoms with Gasteiger partial charge in [-0.15, -0.1) is 0 Å². The number of nitrogens with two attached hydrogens (primary N) is 1. The number of benzene rings is 1. The monoisotopic (exact) mass is 366 g/mol. The van der Waals surface area contributed by atoms with E-state index in [2.05, 4.69) is 0 Å². The highest BCUT2D eigenvalue weighted by Gasteiger charge is 2.29. The maximum absolute atomic E-state index is 12.9. The van der Waals surface area contributed by atoms with E-state index in [0.717, 1.165) is 43.1 Å². The summed E-state index contributed by atoms with van der Waals surface area (Å²) in [5.74, 6) is 0.0199. The Hall–Kier alpha value is -2.63. The molecule has 0 amide bonds. The second-order valence-corrected chi connectivity index (χ2v) is 7.43. The van der Waals surface area contributed by atoms with E-state index in [1.807, 2.05) is 42.7 Å². The zero-order valence-electron chi connectivity index (χ0n) is 15.9. The number of nitrogen functional groups attached to an aromatic ring is 1. The molecule has 0 saturated heterocycles. The van der Waals surface area contributed by atoms with Crippen LogP contribution < -0.4 is 5.73 Å². The first-order valence-corrected chi connectivity index (χ1v) is 9.87. The number of ether oxygens (including phenoxy) is 1. The van der Waals surface area contributed by atoms with Crippen LogP contribution >= 0.6 is 0 Å². The Balaban J connectivity index is 1.93. The van der Waals surface area contributed by atoms with Gasteiger partial charge >= 0.3 is 5.97 Å². The maximum Gasteiger partial charge on any atom is 0.344 e. The van der Waals surface area contributed by atoms with Crippen LogP contribution in [0.15, 0.2) is 24.3 Å². The quantitative estimate of drug-likeness (QED) is 0.681. The molecule has 2 N–H and O–H groups in total. The average molecular weight is 366 g/mol. The van der Waals surface area contributed by atoms with Crippen LogP contribution in [-0.4, -0.2) is 26.6 Å². The standard InChI is InChI=1S/C21H26N4O2/c1-3-13(2)27-21(26)17-18-20(24-16-12-8-7-11-15(16)23-18)25(19(17)22)14-9-5-4-6-10-14/h7-8,11-14H,3-6,9-10,22H2,1-2H3/t13-/m0/s1. The number of para-hydroxylation sites is 2. The fourth-order valence-corrected chi connectivity index (χ4v) is 3.92. The zero-order valence-corrected chi connectivity index (χ0v) is 15.9. The topological polar surface area (TPSA) is 83.0 Å². The summed E-state index contributed by atoms with van der Waals surface area (Å²) in [5.41, 5.74) is 9.66. The minimum atomic E-state index is -0.411. The molecule has 1 aliphatic carbocycles. The van der Waals surface area contributed by atoms with Crippen molar-refractivity contribution < 1.29 is 9.53 Å². The number of carbonyl (C=O) groups is 1. The summed E-state index contributed by atoms with van der Waals surface area (Å²) in [6.45, 7) is 3.87. The second kappa shape index (κ2) is 7.18. The summed E-state index contributed by atoms with van der Waals surface area (Å²) in [7, 11) is 0. The lowest BCUT2D eigenvalue weighted by molar-refractivity contribution is 0.0337. The van der Waals surface area contributed by atoms with E-state index >= 15 is 0 Å². The highest BCUT2D eigenvalue weighted by atomic mass is 16.5. The highest BCUT2D eigenvalue weighted by molar-refractivity contribution is 6.08. The Kier molecular flexibility index (Phi) is 4.72. The predicted octanol–water partition coefficient (Wildman–Crippen LogP) is 4.63. The van der Waals surface area contributed by atoms with Gasteiger partial charge in [0.2, 0.25) is 0 Å². The van der Waals surface area contributed by atoms with Crippen molar-refractivity contribution in [2.75, 3.05) is 5.73 Å². The number of carbonyl (C=O) groups excluding carboxylic acids is 1. The molecule has 2 aromatic heterocycles. The van der Waals surface area contributed by atoms with Crippen LogP contribution in [-0.2, 0) is 4.74 Å². The van der Waals surface area contributed by atoms with E-state index in [0.29, 0.717) is 22.5 Å². The van der Waals surface area contributed by atoms with Gasteiger partial charge in [0.1, 0.15) is 16.9 Å². The molecular weight excluding hydrogens is 340 g/mol. The van der Waals surface area contributed by atoms with Gasteiger partial charge in [0, 0.05) is 6.04 Å². The Morgan fingerprint density at radius 1 is 1.22 bits per heavy atom. The normalized spacial score (nSPS) is 16.7. The van der Waals surface area contributed by atoms with E-state index in [1.165, 1.54) is 6.42 Å². The molecule has 142 valence electrons. The van der Waals surface area contributed by atoms with Gasteiger partial charge in [0.15, 0.2) is 5.65 Å². The molecule has 1 saturated carbocycles. The molecule has 1 fully saturated rings. The number of hydrogen-bond acceptors (Lipinski definition) is 5. The fourth-order valence-electron chi connectivity index (χ4n) is 3.92. The van der Waals surface area contributed by atoms with Crippen molar-refractivity contribution in [1.82, 2.24) is 14.5 Å².